The molecule has 0 aliphatic heterocycles. The van der Waals surface area contributed by atoms with Crippen molar-refractivity contribution in [1.29, 1.82) is 0 Å². The van der Waals surface area contributed by atoms with Gasteiger partial charge in [0.1, 0.15) is 19.3 Å². The summed E-state index contributed by atoms with van der Waals surface area (Å²) in [5.41, 5.74) is 0.553. The molecule has 0 saturated heterocycles. The van der Waals surface area contributed by atoms with Crippen LogP contribution in [0.2, 0.25) is 6.04 Å². The molecule has 0 aromatic heterocycles. The predicted octanol–water partition coefficient (Wildman–Crippen LogP) is 1.88. The first kappa shape index (κ1) is 24.5. The Morgan fingerprint density at radius 3 is 1.65 bits per heavy atom. The Morgan fingerprint density at radius 2 is 1.31 bits per heavy atom. The van der Waals surface area contributed by atoms with Crippen LogP contribution in [0.3, 0.4) is 0 Å². The van der Waals surface area contributed by atoms with Gasteiger partial charge in [-0.15, -0.1) is 0 Å². The fraction of sp³-hybridized carbons (Fsp3) is 0.647. The molecule has 0 aromatic carbocycles. The van der Waals surface area contributed by atoms with Gasteiger partial charge in [-0.2, -0.15) is 0 Å². The third-order valence-corrected chi connectivity index (χ3v) is 6.24. The second-order valence-electron chi connectivity index (χ2n) is 5.65. The Bertz CT molecular complexity index is 449. The van der Waals surface area contributed by atoms with Crippen molar-refractivity contribution in [1.82, 2.24) is 0 Å². The Labute approximate surface area is 156 Å². The van der Waals surface area contributed by atoms with Crippen LogP contribution in [0, 0.1) is 0 Å². The van der Waals surface area contributed by atoms with Gasteiger partial charge >= 0.3 is 20.7 Å². The molecule has 0 unspecified atom stereocenters. The topological polar surface area (TPSA) is 89.5 Å². The summed E-state index contributed by atoms with van der Waals surface area (Å²) in [4.78, 5) is 23.1. The van der Waals surface area contributed by atoms with Crippen molar-refractivity contribution in [3.8, 4) is 0 Å². The average Bonchev–Trinajstić information content (AvgIpc) is 2.63. The zero-order valence-corrected chi connectivity index (χ0v) is 17.3. The molecule has 0 aromatic rings. The van der Waals surface area contributed by atoms with Gasteiger partial charge in [0.15, 0.2) is 0 Å². The summed E-state index contributed by atoms with van der Waals surface area (Å²) in [6, 6.07) is 0.556. The van der Waals surface area contributed by atoms with E-state index in [0.717, 1.165) is 0 Å². The van der Waals surface area contributed by atoms with E-state index in [1.807, 2.05) is 0 Å². The van der Waals surface area contributed by atoms with Crippen LogP contribution in [0.5, 0.6) is 0 Å². The quantitative estimate of drug-likeness (QED) is 0.192. The Hall–Kier alpha value is -1.52. The van der Waals surface area contributed by atoms with Gasteiger partial charge in [-0.05, 0) is 20.3 Å². The Morgan fingerprint density at radius 1 is 0.885 bits per heavy atom. The molecule has 0 atom stereocenters. The molecular weight excluding hydrogens is 360 g/mol. The van der Waals surface area contributed by atoms with Crippen LogP contribution < -0.4 is 0 Å². The standard InChI is InChI=1S/C17H30O8Si/c1-13(2)16(18)24-11-15(12-25-17(19)14(3)4)23-9-8-10-26(20-5,21-6)22-7/h15H,1,3,8-12H2,2,4-7H3. The van der Waals surface area contributed by atoms with E-state index in [1.54, 1.807) is 13.8 Å². The van der Waals surface area contributed by atoms with E-state index < -0.39 is 26.8 Å². The van der Waals surface area contributed by atoms with Crippen LogP contribution in [0.15, 0.2) is 24.3 Å². The van der Waals surface area contributed by atoms with E-state index in [0.29, 0.717) is 19.1 Å². The zero-order chi connectivity index (χ0) is 20.2. The molecule has 0 aliphatic carbocycles. The number of carbonyl (C=O) groups excluding carboxylic acids is 2. The molecule has 0 fully saturated rings. The van der Waals surface area contributed by atoms with Gasteiger partial charge in [-0.1, -0.05) is 13.2 Å². The summed E-state index contributed by atoms with van der Waals surface area (Å²) < 4.78 is 31.8. The normalized spacial score (nSPS) is 11.3. The molecule has 0 bridgehead atoms. The number of hydrogen-bond acceptors (Lipinski definition) is 8. The number of ether oxygens (including phenoxy) is 3. The minimum absolute atomic E-state index is 0.0590. The maximum absolute atomic E-state index is 11.5. The molecule has 9 heteroatoms. The lowest BCUT2D eigenvalue weighted by atomic mass is 10.3. The van der Waals surface area contributed by atoms with E-state index in [1.165, 1.54) is 21.3 Å². The first-order chi connectivity index (χ1) is 12.2. The van der Waals surface area contributed by atoms with Crippen molar-refractivity contribution in [3.05, 3.63) is 24.3 Å². The summed E-state index contributed by atoms with van der Waals surface area (Å²) in [7, 11) is 1.95. The predicted molar refractivity (Wildman–Crippen MR) is 97.5 cm³/mol. The summed E-state index contributed by atoms with van der Waals surface area (Å²) in [6.07, 6.45) is -0.00788. The molecule has 0 spiro atoms. The maximum atomic E-state index is 11.5. The molecule has 8 nitrogen and oxygen atoms in total. The van der Waals surface area contributed by atoms with Crippen molar-refractivity contribution in [2.24, 2.45) is 0 Å². The van der Waals surface area contributed by atoms with E-state index in [4.69, 9.17) is 27.5 Å². The van der Waals surface area contributed by atoms with Crippen LogP contribution in [-0.2, 0) is 37.1 Å². The fourth-order valence-electron chi connectivity index (χ4n) is 1.82. The van der Waals surface area contributed by atoms with Gasteiger partial charge < -0.3 is 27.5 Å². The van der Waals surface area contributed by atoms with E-state index >= 15 is 0 Å². The van der Waals surface area contributed by atoms with Crippen molar-refractivity contribution in [3.63, 3.8) is 0 Å². The zero-order valence-electron chi connectivity index (χ0n) is 16.3. The van der Waals surface area contributed by atoms with Gasteiger partial charge in [0.25, 0.3) is 0 Å². The average molecular weight is 391 g/mol. The van der Waals surface area contributed by atoms with E-state index in [2.05, 4.69) is 13.2 Å². The largest absolute Gasteiger partial charge is 0.500 e. The second kappa shape index (κ2) is 12.8. The van der Waals surface area contributed by atoms with Crippen LogP contribution in [0.1, 0.15) is 20.3 Å². The molecule has 150 valence electrons. The number of rotatable bonds is 14. The maximum Gasteiger partial charge on any atom is 0.500 e. The molecule has 0 rings (SSSR count). The lowest BCUT2D eigenvalue weighted by Crippen LogP contribution is -2.43. The number of hydrogen-bond donors (Lipinski definition) is 0. The van der Waals surface area contributed by atoms with E-state index in [-0.39, 0.29) is 24.4 Å². The Kier molecular flexibility index (Phi) is 12.0. The van der Waals surface area contributed by atoms with Gasteiger partial charge in [-0.3, -0.25) is 0 Å². The van der Waals surface area contributed by atoms with Gasteiger partial charge in [-0.25, -0.2) is 9.59 Å². The summed E-state index contributed by atoms with van der Waals surface area (Å²) >= 11 is 0. The van der Waals surface area contributed by atoms with Crippen molar-refractivity contribution in [2.45, 2.75) is 32.4 Å². The summed E-state index contributed by atoms with van der Waals surface area (Å²) in [5, 5.41) is 0. The van der Waals surface area contributed by atoms with Crippen molar-refractivity contribution >= 4 is 20.7 Å². The molecule has 0 saturated carbocycles. The molecule has 0 heterocycles. The van der Waals surface area contributed by atoms with Crippen LogP contribution in [0.4, 0.5) is 0 Å². The van der Waals surface area contributed by atoms with Gasteiger partial charge in [0.2, 0.25) is 0 Å². The highest BCUT2D eigenvalue weighted by Gasteiger charge is 2.37. The third kappa shape index (κ3) is 9.25. The number of carbonyl (C=O) groups is 2. The fourth-order valence-corrected chi connectivity index (χ4v) is 3.51. The molecular formula is C17H30O8Si. The van der Waals surface area contributed by atoms with Crippen molar-refractivity contribution in [2.75, 3.05) is 41.2 Å². The monoisotopic (exact) mass is 390 g/mol. The van der Waals surface area contributed by atoms with Crippen LogP contribution in [-0.4, -0.2) is 68.0 Å². The highest BCUT2D eigenvalue weighted by atomic mass is 28.4. The van der Waals surface area contributed by atoms with Crippen LogP contribution >= 0.6 is 0 Å². The second-order valence-corrected chi connectivity index (χ2v) is 8.74. The lowest BCUT2D eigenvalue weighted by Gasteiger charge is -2.24. The summed E-state index contributed by atoms with van der Waals surface area (Å²) in [5.74, 6) is -1.07. The van der Waals surface area contributed by atoms with E-state index in [9.17, 15) is 9.59 Å². The lowest BCUT2D eigenvalue weighted by molar-refractivity contribution is -0.150. The smallest absolute Gasteiger partial charge is 0.459 e. The Balaban J connectivity index is 4.54. The highest BCUT2D eigenvalue weighted by Crippen LogP contribution is 2.15. The van der Waals surface area contributed by atoms with Crippen LogP contribution in [0.25, 0.3) is 0 Å². The first-order valence-corrected chi connectivity index (χ1v) is 10.1. The molecule has 0 radical (unpaired) electrons. The van der Waals surface area contributed by atoms with Gasteiger partial charge in [0.05, 0.1) is 0 Å². The minimum atomic E-state index is -2.67. The van der Waals surface area contributed by atoms with Gasteiger partial charge in [0, 0.05) is 45.1 Å². The van der Waals surface area contributed by atoms with Crippen molar-refractivity contribution < 1.29 is 37.1 Å². The molecule has 26 heavy (non-hydrogen) atoms. The summed E-state index contributed by atoms with van der Waals surface area (Å²) in [6.45, 7) is 10.3. The minimum Gasteiger partial charge on any atom is -0.459 e. The highest BCUT2D eigenvalue weighted by molar-refractivity contribution is 6.60. The molecule has 0 amide bonds. The first-order valence-electron chi connectivity index (χ1n) is 8.13. The number of esters is 2. The molecule has 0 aliphatic rings. The SMILES string of the molecule is C=C(C)C(=O)OCC(COC(=O)C(=C)C)OCCC[Si](OC)(OC)OC. The molecule has 0 N–H and O–H groups in total. The third-order valence-electron chi connectivity index (χ3n) is 3.41.